The number of carboxylic acid groups (broad SMARTS) is 2. The SMILES string of the molecule is CCCCCCC[C@H](NC(=O)[C@H](CC(=O)O)NC(C)=O)C(=O)O. The molecule has 0 saturated heterocycles. The molecule has 0 aliphatic heterocycles. The second-order valence-electron chi connectivity index (χ2n) is 5.45. The van der Waals surface area contributed by atoms with Gasteiger partial charge in [-0.1, -0.05) is 39.0 Å². The van der Waals surface area contributed by atoms with Gasteiger partial charge in [0.1, 0.15) is 12.1 Å². The summed E-state index contributed by atoms with van der Waals surface area (Å²) in [5.74, 6) is -3.79. The monoisotopic (exact) mass is 330 g/mol. The first-order chi connectivity index (χ1) is 10.8. The number of nitrogens with one attached hydrogen (secondary N) is 2. The molecule has 8 heteroatoms. The summed E-state index contributed by atoms with van der Waals surface area (Å²) in [6.45, 7) is 3.23. The number of carbonyl (C=O) groups is 4. The summed E-state index contributed by atoms with van der Waals surface area (Å²) in [6, 6.07) is -2.37. The molecule has 0 aliphatic rings. The molecule has 0 spiro atoms. The van der Waals surface area contributed by atoms with E-state index in [1.807, 2.05) is 0 Å². The Balaban J connectivity index is 4.56. The van der Waals surface area contributed by atoms with Crippen LogP contribution in [0, 0.1) is 0 Å². The van der Waals surface area contributed by atoms with E-state index < -0.39 is 42.3 Å². The molecular weight excluding hydrogens is 304 g/mol. The van der Waals surface area contributed by atoms with E-state index in [1.165, 1.54) is 0 Å². The molecule has 0 aliphatic carbocycles. The van der Waals surface area contributed by atoms with Crippen LogP contribution in [0.4, 0.5) is 0 Å². The van der Waals surface area contributed by atoms with E-state index in [0.29, 0.717) is 6.42 Å². The summed E-state index contributed by atoms with van der Waals surface area (Å²) in [7, 11) is 0. The number of carbonyl (C=O) groups excluding carboxylic acids is 2. The first-order valence-corrected chi connectivity index (χ1v) is 7.80. The molecule has 0 heterocycles. The third-order valence-corrected chi connectivity index (χ3v) is 3.28. The van der Waals surface area contributed by atoms with Crippen molar-refractivity contribution in [3.05, 3.63) is 0 Å². The van der Waals surface area contributed by atoms with Crippen LogP contribution in [0.15, 0.2) is 0 Å². The summed E-state index contributed by atoms with van der Waals surface area (Å²) >= 11 is 0. The fraction of sp³-hybridized carbons (Fsp3) is 0.733. The number of hydrogen-bond acceptors (Lipinski definition) is 4. The van der Waals surface area contributed by atoms with Crippen molar-refractivity contribution in [2.24, 2.45) is 0 Å². The van der Waals surface area contributed by atoms with Crippen LogP contribution in [0.2, 0.25) is 0 Å². The fourth-order valence-corrected chi connectivity index (χ4v) is 2.11. The van der Waals surface area contributed by atoms with Gasteiger partial charge in [0.05, 0.1) is 6.42 Å². The molecule has 0 radical (unpaired) electrons. The van der Waals surface area contributed by atoms with Gasteiger partial charge in [0.15, 0.2) is 0 Å². The van der Waals surface area contributed by atoms with E-state index in [0.717, 1.165) is 32.6 Å². The molecule has 4 N–H and O–H groups in total. The lowest BCUT2D eigenvalue weighted by atomic mass is 10.1. The molecule has 2 amide bonds. The van der Waals surface area contributed by atoms with Crippen molar-refractivity contribution < 1.29 is 29.4 Å². The topological polar surface area (TPSA) is 133 Å². The van der Waals surface area contributed by atoms with Crippen LogP contribution in [0.3, 0.4) is 0 Å². The highest BCUT2D eigenvalue weighted by molar-refractivity contribution is 5.92. The summed E-state index contributed by atoms with van der Waals surface area (Å²) in [5.41, 5.74) is 0. The largest absolute Gasteiger partial charge is 0.481 e. The van der Waals surface area contributed by atoms with Crippen molar-refractivity contribution in [2.75, 3.05) is 0 Å². The average Bonchev–Trinajstić information content (AvgIpc) is 2.43. The van der Waals surface area contributed by atoms with E-state index in [1.54, 1.807) is 0 Å². The molecular formula is C15H26N2O6. The minimum absolute atomic E-state index is 0.269. The maximum absolute atomic E-state index is 12.0. The zero-order valence-corrected chi connectivity index (χ0v) is 13.6. The molecule has 0 aromatic carbocycles. The minimum Gasteiger partial charge on any atom is -0.481 e. The number of aliphatic carboxylic acids is 2. The molecule has 132 valence electrons. The molecule has 0 rings (SSSR count). The van der Waals surface area contributed by atoms with Crippen molar-refractivity contribution in [1.29, 1.82) is 0 Å². The third-order valence-electron chi connectivity index (χ3n) is 3.28. The lowest BCUT2D eigenvalue weighted by Crippen LogP contribution is -2.51. The normalized spacial score (nSPS) is 13.0. The van der Waals surface area contributed by atoms with Crippen LogP contribution in [0.25, 0.3) is 0 Å². The zero-order chi connectivity index (χ0) is 17.8. The Morgan fingerprint density at radius 3 is 2.00 bits per heavy atom. The predicted octanol–water partition coefficient (Wildman–Crippen LogP) is 0.896. The van der Waals surface area contributed by atoms with Gasteiger partial charge < -0.3 is 20.8 Å². The highest BCUT2D eigenvalue weighted by Gasteiger charge is 2.27. The second-order valence-corrected chi connectivity index (χ2v) is 5.45. The average molecular weight is 330 g/mol. The van der Waals surface area contributed by atoms with Gasteiger partial charge >= 0.3 is 11.9 Å². The predicted molar refractivity (Wildman–Crippen MR) is 82.8 cm³/mol. The fourth-order valence-electron chi connectivity index (χ4n) is 2.11. The highest BCUT2D eigenvalue weighted by atomic mass is 16.4. The van der Waals surface area contributed by atoms with E-state index >= 15 is 0 Å². The van der Waals surface area contributed by atoms with E-state index in [4.69, 9.17) is 10.2 Å². The van der Waals surface area contributed by atoms with E-state index in [-0.39, 0.29) is 6.42 Å². The Morgan fingerprint density at radius 2 is 1.52 bits per heavy atom. The first kappa shape index (κ1) is 20.9. The maximum Gasteiger partial charge on any atom is 0.326 e. The highest BCUT2D eigenvalue weighted by Crippen LogP contribution is 2.08. The van der Waals surface area contributed by atoms with Crippen molar-refractivity contribution >= 4 is 23.8 Å². The molecule has 0 aromatic heterocycles. The summed E-state index contributed by atoms with van der Waals surface area (Å²) in [5, 5.41) is 22.4. The Bertz CT molecular complexity index is 408. The number of amides is 2. The smallest absolute Gasteiger partial charge is 0.326 e. The molecule has 0 fully saturated rings. The number of hydrogen-bond donors (Lipinski definition) is 4. The van der Waals surface area contributed by atoms with Gasteiger partial charge in [-0.3, -0.25) is 14.4 Å². The summed E-state index contributed by atoms with van der Waals surface area (Å²) in [6.07, 6.45) is 4.35. The molecule has 0 aromatic rings. The number of carboxylic acids is 2. The van der Waals surface area contributed by atoms with E-state index in [9.17, 15) is 19.2 Å². The van der Waals surface area contributed by atoms with Gasteiger partial charge in [-0.15, -0.1) is 0 Å². The summed E-state index contributed by atoms with van der Waals surface area (Å²) < 4.78 is 0. The van der Waals surface area contributed by atoms with Crippen LogP contribution in [-0.2, 0) is 19.2 Å². The van der Waals surface area contributed by atoms with Crippen LogP contribution in [-0.4, -0.2) is 46.0 Å². The second kappa shape index (κ2) is 11.4. The van der Waals surface area contributed by atoms with Crippen molar-refractivity contribution in [1.82, 2.24) is 10.6 Å². The lowest BCUT2D eigenvalue weighted by molar-refractivity contribution is -0.143. The quantitative estimate of drug-likeness (QED) is 0.393. The molecule has 8 nitrogen and oxygen atoms in total. The van der Waals surface area contributed by atoms with Gasteiger partial charge in [0.2, 0.25) is 11.8 Å². The molecule has 0 unspecified atom stereocenters. The zero-order valence-electron chi connectivity index (χ0n) is 13.6. The minimum atomic E-state index is -1.29. The van der Waals surface area contributed by atoms with Crippen LogP contribution >= 0.6 is 0 Å². The maximum atomic E-state index is 12.0. The lowest BCUT2D eigenvalue weighted by Gasteiger charge is -2.20. The Kier molecular flexibility index (Phi) is 10.4. The van der Waals surface area contributed by atoms with E-state index in [2.05, 4.69) is 17.6 Å². The number of rotatable bonds is 12. The van der Waals surface area contributed by atoms with Gasteiger partial charge in [-0.25, -0.2) is 4.79 Å². The van der Waals surface area contributed by atoms with Crippen molar-refractivity contribution in [2.45, 2.75) is 70.9 Å². The van der Waals surface area contributed by atoms with Crippen LogP contribution < -0.4 is 10.6 Å². The Hall–Kier alpha value is -2.12. The molecule has 0 saturated carbocycles. The standard InChI is InChI=1S/C15H26N2O6/c1-3-4-5-6-7-8-11(15(22)23)17-14(21)12(9-13(19)20)16-10(2)18/h11-12H,3-9H2,1-2H3,(H,16,18)(H,17,21)(H,19,20)(H,22,23)/t11-,12-/m0/s1. The van der Waals surface area contributed by atoms with Crippen molar-refractivity contribution in [3.63, 3.8) is 0 Å². The van der Waals surface area contributed by atoms with Gasteiger partial charge in [0.25, 0.3) is 0 Å². The molecule has 0 bridgehead atoms. The van der Waals surface area contributed by atoms with Gasteiger partial charge in [0, 0.05) is 6.92 Å². The van der Waals surface area contributed by atoms with Crippen LogP contribution in [0.1, 0.15) is 58.8 Å². The number of unbranched alkanes of at least 4 members (excludes halogenated alkanes) is 4. The summed E-state index contributed by atoms with van der Waals surface area (Å²) in [4.78, 5) is 45.0. The third kappa shape index (κ3) is 10.3. The Labute approximate surface area is 135 Å². The molecule has 23 heavy (non-hydrogen) atoms. The van der Waals surface area contributed by atoms with Gasteiger partial charge in [-0.2, -0.15) is 0 Å². The first-order valence-electron chi connectivity index (χ1n) is 7.80. The Morgan fingerprint density at radius 1 is 0.913 bits per heavy atom. The van der Waals surface area contributed by atoms with Crippen molar-refractivity contribution in [3.8, 4) is 0 Å². The van der Waals surface area contributed by atoms with Crippen LogP contribution in [0.5, 0.6) is 0 Å². The van der Waals surface area contributed by atoms with Gasteiger partial charge in [-0.05, 0) is 6.42 Å². The molecule has 2 atom stereocenters.